The van der Waals surface area contributed by atoms with Gasteiger partial charge in [0.05, 0.1) is 20.1 Å². The van der Waals surface area contributed by atoms with E-state index in [0.29, 0.717) is 6.42 Å². The summed E-state index contributed by atoms with van der Waals surface area (Å²) in [6, 6.07) is 0. The number of nitrogens with zero attached hydrogens (tertiary/aromatic N) is 2. The van der Waals surface area contributed by atoms with Crippen LogP contribution in [0, 0.1) is 0 Å². The maximum absolute atomic E-state index is 12.2. The molecule has 1 aliphatic rings. The summed E-state index contributed by atoms with van der Waals surface area (Å²) in [7, 11) is 2.36. The second-order valence-corrected chi connectivity index (χ2v) is 12.4. The van der Waals surface area contributed by atoms with Gasteiger partial charge in [-0.25, -0.2) is 4.99 Å². The highest BCUT2D eigenvalue weighted by Crippen LogP contribution is 2.19. The first-order valence-corrected chi connectivity index (χ1v) is 17.3. The van der Waals surface area contributed by atoms with Crippen molar-refractivity contribution in [3.8, 4) is 0 Å². The molecule has 1 heterocycles. The maximum atomic E-state index is 12.2. The van der Waals surface area contributed by atoms with Crippen LogP contribution >= 0.6 is 0 Å². The van der Waals surface area contributed by atoms with Crippen LogP contribution in [0.15, 0.2) is 4.99 Å². The van der Waals surface area contributed by atoms with E-state index in [2.05, 4.69) is 26.2 Å². The summed E-state index contributed by atoms with van der Waals surface area (Å²) < 4.78 is 1.01. The zero-order valence-electron chi connectivity index (χ0n) is 26.3. The molecule has 1 amide bonds. The summed E-state index contributed by atoms with van der Waals surface area (Å²) in [4.78, 5) is 17.1. The van der Waals surface area contributed by atoms with E-state index in [4.69, 9.17) is 4.99 Å². The van der Waals surface area contributed by atoms with Crippen molar-refractivity contribution in [1.29, 1.82) is 0 Å². The molecule has 38 heavy (non-hydrogen) atoms. The highest BCUT2D eigenvalue weighted by Gasteiger charge is 2.32. The Morgan fingerprint density at radius 2 is 1.11 bits per heavy atom. The van der Waals surface area contributed by atoms with Crippen LogP contribution in [0.25, 0.3) is 0 Å². The lowest BCUT2D eigenvalue weighted by Crippen LogP contribution is -2.48. The first-order chi connectivity index (χ1) is 18.6. The van der Waals surface area contributed by atoms with Crippen molar-refractivity contribution in [2.45, 2.75) is 174 Å². The van der Waals surface area contributed by atoms with Crippen LogP contribution in [-0.2, 0) is 4.79 Å². The van der Waals surface area contributed by atoms with Crippen LogP contribution in [0.5, 0.6) is 0 Å². The topological polar surface area (TPSA) is 41.5 Å². The average molecular weight is 535 g/mol. The average Bonchev–Trinajstić information content (AvgIpc) is 3.28. The van der Waals surface area contributed by atoms with Crippen LogP contribution in [-0.4, -0.2) is 49.5 Å². The summed E-state index contributed by atoms with van der Waals surface area (Å²) >= 11 is 0. The summed E-state index contributed by atoms with van der Waals surface area (Å²) in [6.07, 6.45) is 32.9. The fourth-order valence-corrected chi connectivity index (χ4v) is 5.93. The van der Waals surface area contributed by atoms with Crippen molar-refractivity contribution in [3.05, 3.63) is 0 Å². The van der Waals surface area contributed by atoms with Crippen molar-refractivity contribution in [2.75, 3.05) is 33.2 Å². The molecule has 1 atom stereocenters. The van der Waals surface area contributed by atoms with Gasteiger partial charge in [0.25, 0.3) is 0 Å². The summed E-state index contributed by atoms with van der Waals surface area (Å²) in [5.74, 6) is 1.66. The molecule has 0 aliphatic carbocycles. The normalized spacial score (nSPS) is 17.2. The molecular formula is C34H68N3O+. The molecule has 4 heteroatoms. The number of carbonyl (C=O) groups excluding carboxylic acids is 1. The van der Waals surface area contributed by atoms with Crippen molar-refractivity contribution in [1.82, 2.24) is 5.32 Å². The second-order valence-electron chi connectivity index (χ2n) is 12.4. The quantitative estimate of drug-likeness (QED) is 0.0787. The number of amidine groups is 1. The molecule has 4 nitrogen and oxygen atoms in total. The SMILES string of the molecule is CCCCCCCCCCCCCC(=O)NCCC[N+]1(C)CCN=C1CCCCCCCCCCCCC. The number of hydrogen-bond donors (Lipinski definition) is 1. The smallest absolute Gasteiger partial charge is 0.219 e. The van der Waals surface area contributed by atoms with Gasteiger partial charge >= 0.3 is 0 Å². The highest BCUT2D eigenvalue weighted by molar-refractivity contribution is 5.77. The fraction of sp³-hybridized carbons (Fsp3) is 0.941. The maximum Gasteiger partial charge on any atom is 0.219 e. The molecule has 0 spiro atoms. The zero-order valence-corrected chi connectivity index (χ0v) is 26.3. The molecule has 0 bridgehead atoms. The predicted octanol–water partition coefficient (Wildman–Crippen LogP) is 9.75. The van der Waals surface area contributed by atoms with Crippen LogP contribution in [0.4, 0.5) is 0 Å². The summed E-state index contributed by atoms with van der Waals surface area (Å²) in [5, 5.41) is 3.18. The fourth-order valence-electron chi connectivity index (χ4n) is 5.93. The Labute approximate surface area is 238 Å². The van der Waals surface area contributed by atoms with Gasteiger partial charge in [0, 0.05) is 25.8 Å². The van der Waals surface area contributed by atoms with Gasteiger partial charge in [-0.05, 0) is 12.8 Å². The van der Waals surface area contributed by atoms with E-state index in [9.17, 15) is 4.79 Å². The number of amides is 1. The Bertz CT molecular complexity index is 576. The van der Waals surface area contributed by atoms with Gasteiger partial charge in [-0.1, -0.05) is 142 Å². The summed E-state index contributed by atoms with van der Waals surface area (Å²) in [5.41, 5.74) is 0. The molecule has 0 aromatic heterocycles. The third kappa shape index (κ3) is 19.2. The van der Waals surface area contributed by atoms with E-state index in [0.717, 1.165) is 43.5 Å². The predicted molar refractivity (Wildman–Crippen MR) is 168 cm³/mol. The standard InChI is InChI=1S/C34H67N3O/c1-4-6-8-10-12-14-16-18-20-22-24-27-33-35-30-32-37(33,3)31-26-29-36-34(38)28-25-23-21-19-17-15-13-11-9-7-5-2/h4-32H2,1-3H3/p+1. The molecular weight excluding hydrogens is 466 g/mol. The lowest BCUT2D eigenvalue weighted by Gasteiger charge is -2.30. The third-order valence-corrected chi connectivity index (χ3v) is 8.67. The number of carbonyl (C=O) groups is 1. The van der Waals surface area contributed by atoms with Gasteiger partial charge in [0.1, 0.15) is 6.54 Å². The lowest BCUT2D eigenvalue weighted by molar-refractivity contribution is -0.815. The van der Waals surface area contributed by atoms with E-state index in [1.165, 1.54) is 147 Å². The highest BCUT2D eigenvalue weighted by atomic mass is 16.1. The zero-order chi connectivity index (χ0) is 27.6. The van der Waals surface area contributed by atoms with Gasteiger partial charge in [-0.15, -0.1) is 0 Å². The number of nitrogens with one attached hydrogen (secondary N) is 1. The van der Waals surface area contributed by atoms with Crippen molar-refractivity contribution >= 4 is 11.7 Å². The Hall–Kier alpha value is -0.900. The minimum Gasteiger partial charge on any atom is -0.356 e. The molecule has 0 saturated heterocycles. The van der Waals surface area contributed by atoms with Gasteiger partial charge in [-0.2, -0.15) is 0 Å². The number of quaternary nitrogens is 1. The molecule has 0 fully saturated rings. The molecule has 1 N–H and O–H groups in total. The number of aliphatic imine (C=N–C) groups is 1. The molecule has 0 aromatic rings. The molecule has 1 aliphatic heterocycles. The Morgan fingerprint density at radius 3 is 1.61 bits per heavy atom. The van der Waals surface area contributed by atoms with Gasteiger partial charge in [0.15, 0.2) is 5.84 Å². The van der Waals surface area contributed by atoms with E-state index < -0.39 is 0 Å². The van der Waals surface area contributed by atoms with Crippen LogP contribution < -0.4 is 5.32 Å². The molecule has 224 valence electrons. The van der Waals surface area contributed by atoms with E-state index in [-0.39, 0.29) is 5.91 Å². The van der Waals surface area contributed by atoms with Crippen LogP contribution in [0.3, 0.4) is 0 Å². The van der Waals surface area contributed by atoms with Crippen LogP contribution in [0.1, 0.15) is 174 Å². The minimum absolute atomic E-state index is 0.250. The van der Waals surface area contributed by atoms with Gasteiger partial charge in [-0.3, -0.25) is 9.28 Å². The first-order valence-electron chi connectivity index (χ1n) is 17.3. The number of unbranched alkanes of at least 4 members (excludes halogenated alkanes) is 20. The first kappa shape index (κ1) is 35.1. The Morgan fingerprint density at radius 1 is 0.658 bits per heavy atom. The largest absolute Gasteiger partial charge is 0.356 e. The van der Waals surface area contributed by atoms with E-state index in [1.807, 2.05) is 0 Å². The van der Waals surface area contributed by atoms with Gasteiger partial charge in [0.2, 0.25) is 5.91 Å². The third-order valence-electron chi connectivity index (χ3n) is 8.67. The van der Waals surface area contributed by atoms with E-state index >= 15 is 0 Å². The Balaban J connectivity index is 1.96. The number of rotatable bonds is 28. The molecule has 0 aromatic carbocycles. The van der Waals surface area contributed by atoms with E-state index in [1.54, 1.807) is 0 Å². The number of hydrogen-bond acceptors (Lipinski definition) is 2. The van der Waals surface area contributed by atoms with Crippen molar-refractivity contribution in [2.24, 2.45) is 4.99 Å². The minimum atomic E-state index is 0.250. The van der Waals surface area contributed by atoms with Crippen LogP contribution in [0.2, 0.25) is 0 Å². The van der Waals surface area contributed by atoms with Crippen molar-refractivity contribution < 1.29 is 9.28 Å². The Kier molecular flexibility index (Phi) is 23.2. The molecule has 0 radical (unpaired) electrons. The lowest BCUT2D eigenvalue weighted by atomic mass is 10.0. The second kappa shape index (κ2) is 25.1. The molecule has 0 saturated carbocycles. The van der Waals surface area contributed by atoms with Gasteiger partial charge < -0.3 is 5.32 Å². The monoisotopic (exact) mass is 535 g/mol. The summed E-state index contributed by atoms with van der Waals surface area (Å²) in [6.45, 7) is 8.61. The molecule has 1 rings (SSSR count). The van der Waals surface area contributed by atoms with Crippen molar-refractivity contribution in [3.63, 3.8) is 0 Å². The molecule has 1 unspecified atom stereocenters. The number of likely N-dealkylation sites (N-methyl/N-ethyl adjacent to an activating group) is 1.